The van der Waals surface area contributed by atoms with Gasteiger partial charge in [0.15, 0.2) is 5.96 Å². The Morgan fingerprint density at radius 3 is 2.97 bits per heavy atom. The molecule has 2 N–H and O–H groups in total. The van der Waals surface area contributed by atoms with Gasteiger partial charge in [0, 0.05) is 31.1 Å². The third-order valence-electron chi connectivity index (χ3n) is 4.77. The lowest BCUT2D eigenvalue weighted by molar-refractivity contribution is 0.254. The molecule has 0 amide bonds. The van der Waals surface area contributed by atoms with Gasteiger partial charge in [-0.1, -0.05) is 6.07 Å². The molecule has 0 saturated carbocycles. The molecule has 1 unspecified atom stereocenters. The molecule has 1 atom stereocenters. The SMILES string of the molecule is CCOc1cc2c(cc1CNC(=NC)NCc1coc(-c3cccs3)n1)OC(C)C2. The zero-order valence-electron chi connectivity index (χ0n) is 17.4. The number of aromatic nitrogens is 1. The van der Waals surface area contributed by atoms with Crippen molar-refractivity contribution in [3.8, 4) is 22.3 Å². The van der Waals surface area contributed by atoms with Gasteiger partial charge in [-0.25, -0.2) is 4.98 Å². The maximum Gasteiger partial charge on any atom is 0.236 e. The van der Waals surface area contributed by atoms with Gasteiger partial charge in [-0.05, 0) is 37.4 Å². The molecule has 3 aromatic rings. The van der Waals surface area contributed by atoms with E-state index in [0.29, 0.717) is 31.5 Å². The fraction of sp³-hybridized carbons (Fsp3) is 0.364. The first kappa shape index (κ1) is 20.3. The molecule has 0 aliphatic carbocycles. The van der Waals surface area contributed by atoms with Crippen molar-refractivity contribution in [3.05, 3.63) is 52.7 Å². The van der Waals surface area contributed by atoms with E-state index in [1.54, 1.807) is 24.6 Å². The number of hydrogen-bond acceptors (Lipinski definition) is 6. The Morgan fingerprint density at radius 1 is 1.33 bits per heavy atom. The first-order chi connectivity index (χ1) is 14.7. The number of oxazole rings is 1. The molecule has 30 heavy (non-hydrogen) atoms. The number of rotatable bonds is 7. The summed E-state index contributed by atoms with van der Waals surface area (Å²) < 4.78 is 17.3. The standard InChI is InChI=1S/C22H26N4O3S/c1-4-27-18-9-15-8-14(2)29-19(15)10-16(18)11-24-22(23-3)25-12-17-13-28-21(26-17)20-6-5-7-30-20/h5-7,9-10,13-14H,4,8,11-12H2,1-3H3,(H2,23,24,25). The number of aliphatic imine (C=N–C) groups is 1. The van der Waals surface area contributed by atoms with Crippen LogP contribution in [0.15, 0.2) is 45.3 Å². The molecule has 4 rings (SSSR count). The first-order valence-corrected chi connectivity index (χ1v) is 10.9. The van der Waals surface area contributed by atoms with Crippen molar-refractivity contribution < 1.29 is 13.9 Å². The second-order valence-corrected chi connectivity index (χ2v) is 7.98. The molecular weight excluding hydrogens is 400 g/mol. The molecule has 2 aromatic heterocycles. The maximum absolute atomic E-state index is 5.90. The summed E-state index contributed by atoms with van der Waals surface area (Å²) in [5.74, 6) is 3.13. The number of fused-ring (bicyclic) bond motifs is 1. The van der Waals surface area contributed by atoms with Gasteiger partial charge in [-0.15, -0.1) is 11.3 Å². The van der Waals surface area contributed by atoms with Gasteiger partial charge in [0.05, 0.1) is 23.7 Å². The van der Waals surface area contributed by atoms with E-state index in [4.69, 9.17) is 13.9 Å². The van der Waals surface area contributed by atoms with Crippen molar-refractivity contribution in [3.63, 3.8) is 0 Å². The quantitative estimate of drug-likeness (QED) is 0.439. The average Bonchev–Trinajstić information content (AvgIpc) is 3.48. The van der Waals surface area contributed by atoms with Gasteiger partial charge < -0.3 is 24.5 Å². The Labute approximate surface area is 180 Å². The van der Waals surface area contributed by atoms with Gasteiger partial charge in [0.1, 0.15) is 23.9 Å². The minimum Gasteiger partial charge on any atom is -0.494 e. The second-order valence-electron chi connectivity index (χ2n) is 7.03. The minimum absolute atomic E-state index is 0.202. The van der Waals surface area contributed by atoms with Gasteiger partial charge in [0.25, 0.3) is 0 Å². The molecule has 0 fully saturated rings. The number of thiophene rings is 1. The zero-order valence-corrected chi connectivity index (χ0v) is 18.2. The van der Waals surface area contributed by atoms with E-state index in [1.165, 1.54) is 5.56 Å². The van der Waals surface area contributed by atoms with Crippen LogP contribution in [0.25, 0.3) is 10.8 Å². The Hall–Kier alpha value is -3.00. The van der Waals surface area contributed by atoms with Gasteiger partial charge in [0.2, 0.25) is 5.89 Å². The molecule has 1 aromatic carbocycles. The lowest BCUT2D eigenvalue weighted by atomic mass is 10.1. The average molecular weight is 427 g/mol. The Balaban J connectivity index is 1.37. The highest BCUT2D eigenvalue weighted by Crippen LogP contribution is 2.35. The summed E-state index contributed by atoms with van der Waals surface area (Å²) in [7, 11) is 1.74. The van der Waals surface area contributed by atoms with Crippen LogP contribution >= 0.6 is 11.3 Å². The van der Waals surface area contributed by atoms with E-state index >= 15 is 0 Å². The lowest BCUT2D eigenvalue weighted by Gasteiger charge is -2.15. The van der Waals surface area contributed by atoms with Crippen molar-refractivity contribution in [2.75, 3.05) is 13.7 Å². The van der Waals surface area contributed by atoms with E-state index < -0.39 is 0 Å². The van der Waals surface area contributed by atoms with E-state index in [2.05, 4.69) is 39.7 Å². The van der Waals surface area contributed by atoms with Crippen LogP contribution in [0, 0.1) is 0 Å². The highest BCUT2D eigenvalue weighted by molar-refractivity contribution is 7.13. The van der Waals surface area contributed by atoms with Crippen molar-refractivity contribution in [2.24, 2.45) is 4.99 Å². The topological polar surface area (TPSA) is 80.9 Å². The molecular formula is C22H26N4O3S. The monoisotopic (exact) mass is 426 g/mol. The molecule has 0 radical (unpaired) electrons. The zero-order chi connectivity index (χ0) is 20.9. The molecule has 3 heterocycles. The van der Waals surface area contributed by atoms with Crippen molar-refractivity contribution >= 4 is 17.3 Å². The summed E-state index contributed by atoms with van der Waals surface area (Å²) in [4.78, 5) is 9.84. The summed E-state index contributed by atoms with van der Waals surface area (Å²) in [5, 5.41) is 8.62. The summed E-state index contributed by atoms with van der Waals surface area (Å²) in [6.45, 7) is 5.77. The van der Waals surface area contributed by atoms with E-state index in [0.717, 1.165) is 34.1 Å². The third-order valence-corrected chi connectivity index (χ3v) is 5.63. The Kier molecular flexibility index (Phi) is 6.23. The predicted molar refractivity (Wildman–Crippen MR) is 118 cm³/mol. The van der Waals surface area contributed by atoms with Gasteiger partial charge in [-0.2, -0.15) is 0 Å². The molecule has 7 nitrogen and oxygen atoms in total. The van der Waals surface area contributed by atoms with Gasteiger partial charge >= 0.3 is 0 Å². The van der Waals surface area contributed by atoms with Crippen LogP contribution in [0.3, 0.4) is 0 Å². The number of hydrogen-bond donors (Lipinski definition) is 2. The van der Waals surface area contributed by atoms with E-state index in [1.807, 2.05) is 24.4 Å². The molecule has 1 aliphatic rings. The number of nitrogens with zero attached hydrogens (tertiary/aromatic N) is 2. The molecule has 0 bridgehead atoms. The number of nitrogens with one attached hydrogen (secondary N) is 2. The number of guanidine groups is 1. The smallest absolute Gasteiger partial charge is 0.236 e. The van der Waals surface area contributed by atoms with E-state index in [-0.39, 0.29) is 6.10 Å². The van der Waals surface area contributed by atoms with Crippen LogP contribution < -0.4 is 20.1 Å². The molecule has 0 spiro atoms. The highest BCUT2D eigenvalue weighted by atomic mass is 32.1. The Bertz CT molecular complexity index is 1010. The molecule has 0 saturated heterocycles. The number of benzene rings is 1. The Morgan fingerprint density at radius 2 is 2.20 bits per heavy atom. The van der Waals surface area contributed by atoms with Gasteiger partial charge in [-0.3, -0.25) is 4.99 Å². The third kappa shape index (κ3) is 4.59. The molecule has 1 aliphatic heterocycles. The normalized spacial score (nSPS) is 15.6. The van der Waals surface area contributed by atoms with Crippen molar-refractivity contribution in [1.82, 2.24) is 15.6 Å². The van der Waals surface area contributed by atoms with E-state index in [9.17, 15) is 0 Å². The molecule has 158 valence electrons. The maximum atomic E-state index is 5.90. The summed E-state index contributed by atoms with van der Waals surface area (Å²) >= 11 is 1.60. The minimum atomic E-state index is 0.202. The van der Waals surface area contributed by atoms with Crippen LogP contribution in [-0.4, -0.2) is 30.7 Å². The molecule has 8 heteroatoms. The summed E-state index contributed by atoms with van der Waals surface area (Å²) in [6, 6.07) is 8.13. The predicted octanol–water partition coefficient (Wildman–Crippen LogP) is 3.99. The largest absolute Gasteiger partial charge is 0.494 e. The van der Waals surface area contributed by atoms with Crippen molar-refractivity contribution in [1.29, 1.82) is 0 Å². The van der Waals surface area contributed by atoms with Crippen LogP contribution in [0.4, 0.5) is 0 Å². The van der Waals surface area contributed by atoms with Crippen LogP contribution in [0.1, 0.15) is 30.7 Å². The second kappa shape index (κ2) is 9.21. The van der Waals surface area contributed by atoms with Crippen molar-refractivity contribution in [2.45, 2.75) is 39.5 Å². The van der Waals surface area contributed by atoms with Crippen LogP contribution in [0.2, 0.25) is 0 Å². The fourth-order valence-corrected chi connectivity index (χ4v) is 4.04. The first-order valence-electron chi connectivity index (χ1n) is 10.0. The van der Waals surface area contributed by atoms with Crippen LogP contribution in [-0.2, 0) is 19.5 Å². The fourth-order valence-electron chi connectivity index (χ4n) is 3.38. The highest BCUT2D eigenvalue weighted by Gasteiger charge is 2.22. The lowest BCUT2D eigenvalue weighted by Crippen LogP contribution is -2.36. The van der Waals surface area contributed by atoms with Crippen LogP contribution in [0.5, 0.6) is 11.5 Å². The summed E-state index contributed by atoms with van der Waals surface area (Å²) in [5.41, 5.74) is 3.05. The number of ether oxygens (including phenoxy) is 2. The summed E-state index contributed by atoms with van der Waals surface area (Å²) in [6.07, 6.45) is 2.78.